The van der Waals surface area contributed by atoms with Gasteiger partial charge in [-0.2, -0.15) is 0 Å². The molecule has 0 saturated heterocycles. The molecule has 7 heteroatoms. The summed E-state index contributed by atoms with van der Waals surface area (Å²) in [4.78, 5) is 0.138. The third-order valence-corrected chi connectivity index (χ3v) is 5.69. The number of hydrogen-bond donors (Lipinski definition) is 1. The third kappa shape index (κ3) is 5.39. The molecule has 0 aliphatic heterocycles. The zero-order valence-corrected chi connectivity index (χ0v) is 17.9. The summed E-state index contributed by atoms with van der Waals surface area (Å²) in [6.45, 7) is 8.54. The van der Waals surface area contributed by atoms with E-state index in [-0.39, 0.29) is 16.9 Å². The molecule has 0 fully saturated rings. The fourth-order valence-corrected chi connectivity index (χ4v) is 4.22. The minimum absolute atomic E-state index is 0.0530. The monoisotopic (exact) mass is 407 g/mol. The second-order valence-electron chi connectivity index (χ2n) is 6.59. The van der Waals surface area contributed by atoms with E-state index in [0.717, 1.165) is 11.3 Å². The highest BCUT2D eigenvalue weighted by atomic mass is 32.2. The van der Waals surface area contributed by atoms with Crippen LogP contribution in [0.25, 0.3) is 0 Å². The first-order valence-corrected chi connectivity index (χ1v) is 10.9. The fraction of sp³-hybridized carbons (Fsp3) is 0.429. The van der Waals surface area contributed by atoms with Gasteiger partial charge < -0.3 is 14.2 Å². The lowest BCUT2D eigenvalue weighted by atomic mass is 9.97. The van der Waals surface area contributed by atoms with Crippen LogP contribution in [0.1, 0.15) is 39.3 Å². The summed E-state index contributed by atoms with van der Waals surface area (Å²) in [5.41, 5.74) is 0.871. The van der Waals surface area contributed by atoms with Gasteiger partial charge in [-0.25, -0.2) is 13.1 Å². The average Bonchev–Trinajstić information content (AvgIpc) is 2.67. The van der Waals surface area contributed by atoms with Crippen molar-refractivity contribution in [1.29, 1.82) is 0 Å². The third-order valence-electron chi connectivity index (χ3n) is 4.25. The van der Waals surface area contributed by atoms with Crippen LogP contribution in [0.15, 0.2) is 47.4 Å². The van der Waals surface area contributed by atoms with E-state index in [1.165, 1.54) is 12.1 Å². The number of hydrogen-bond acceptors (Lipinski definition) is 5. The van der Waals surface area contributed by atoms with Crippen molar-refractivity contribution in [3.05, 3.63) is 48.0 Å². The van der Waals surface area contributed by atoms with Gasteiger partial charge in [-0.1, -0.05) is 26.0 Å². The molecule has 1 atom stereocenters. The number of benzene rings is 2. The second kappa shape index (κ2) is 9.80. The van der Waals surface area contributed by atoms with Crippen molar-refractivity contribution in [2.75, 3.05) is 20.3 Å². The lowest BCUT2D eigenvalue weighted by Gasteiger charge is -2.23. The molecule has 1 N–H and O–H groups in total. The Bertz CT molecular complexity index is 863. The second-order valence-corrected chi connectivity index (χ2v) is 8.30. The van der Waals surface area contributed by atoms with Gasteiger partial charge >= 0.3 is 0 Å². The maximum atomic E-state index is 13.0. The summed E-state index contributed by atoms with van der Waals surface area (Å²) in [6, 6.07) is 11.7. The van der Waals surface area contributed by atoms with E-state index in [4.69, 9.17) is 14.2 Å². The topological polar surface area (TPSA) is 73.9 Å². The van der Waals surface area contributed by atoms with E-state index in [2.05, 4.69) is 4.72 Å². The quantitative estimate of drug-likeness (QED) is 0.640. The first-order valence-electron chi connectivity index (χ1n) is 9.38. The van der Waals surface area contributed by atoms with Crippen LogP contribution in [0.3, 0.4) is 0 Å². The first-order chi connectivity index (χ1) is 13.3. The van der Waals surface area contributed by atoms with Crippen LogP contribution in [-0.4, -0.2) is 28.7 Å². The van der Waals surface area contributed by atoms with Gasteiger partial charge in [0.2, 0.25) is 10.0 Å². The Kier molecular flexibility index (Phi) is 7.71. The minimum atomic E-state index is -3.76. The van der Waals surface area contributed by atoms with Gasteiger partial charge in [-0.3, -0.25) is 0 Å². The molecule has 0 heterocycles. The zero-order chi connectivity index (χ0) is 20.7. The summed E-state index contributed by atoms with van der Waals surface area (Å²) in [5.74, 6) is 1.72. The minimum Gasteiger partial charge on any atom is -0.497 e. The summed E-state index contributed by atoms with van der Waals surface area (Å²) in [7, 11) is -2.16. The van der Waals surface area contributed by atoms with E-state index < -0.39 is 10.0 Å². The van der Waals surface area contributed by atoms with Crippen LogP contribution in [0, 0.1) is 5.92 Å². The number of methoxy groups -OCH3 is 1. The summed E-state index contributed by atoms with van der Waals surface area (Å²) < 4.78 is 45.1. The molecule has 0 bridgehead atoms. The van der Waals surface area contributed by atoms with Gasteiger partial charge in [0.15, 0.2) is 11.5 Å². The largest absolute Gasteiger partial charge is 0.497 e. The molecule has 2 aromatic rings. The van der Waals surface area contributed by atoms with Crippen molar-refractivity contribution < 1.29 is 22.6 Å². The number of nitrogens with one attached hydrogen (secondary N) is 1. The number of ether oxygens (including phenoxy) is 3. The van der Waals surface area contributed by atoms with E-state index in [1.807, 2.05) is 52.0 Å². The average molecular weight is 408 g/mol. The molecule has 28 heavy (non-hydrogen) atoms. The Balaban J connectivity index is 2.34. The lowest BCUT2D eigenvalue weighted by molar-refractivity contribution is 0.287. The maximum absolute atomic E-state index is 13.0. The lowest BCUT2D eigenvalue weighted by Crippen LogP contribution is -2.31. The highest BCUT2D eigenvalue weighted by Crippen LogP contribution is 2.32. The SMILES string of the molecule is CCOc1ccc(S(=O)(=O)NC(c2ccc(OC)cc2)C(C)C)cc1OCC. The molecule has 0 amide bonds. The van der Waals surface area contributed by atoms with E-state index in [0.29, 0.717) is 24.7 Å². The molecule has 1 unspecified atom stereocenters. The Labute approximate surface area is 167 Å². The molecule has 0 spiro atoms. The van der Waals surface area contributed by atoms with Gasteiger partial charge in [0.25, 0.3) is 0 Å². The molecule has 0 aromatic heterocycles. The molecule has 0 saturated carbocycles. The first kappa shape index (κ1) is 22.0. The smallest absolute Gasteiger partial charge is 0.241 e. The Morgan fingerprint density at radius 1 is 0.929 bits per heavy atom. The molecule has 6 nitrogen and oxygen atoms in total. The van der Waals surface area contributed by atoms with Crippen molar-refractivity contribution in [2.24, 2.45) is 5.92 Å². The fourth-order valence-electron chi connectivity index (χ4n) is 2.83. The van der Waals surface area contributed by atoms with Gasteiger partial charge in [0.1, 0.15) is 5.75 Å². The van der Waals surface area contributed by atoms with Crippen LogP contribution >= 0.6 is 0 Å². The van der Waals surface area contributed by atoms with Crippen LogP contribution in [-0.2, 0) is 10.0 Å². The van der Waals surface area contributed by atoms with Crippen LogP contribution in [0.2, 0.25) is 0 Å². The van der Waals surface area contributed by atoms with Crippen molar-refractivity contribution in [1.82, 2.24) is 4.72 Å². The van der Waals surface area contributed by atoms with Crippen LogP contribution < -0.4 is 18.9 Å². The van der Waals surface area contributed by atoms with Crippen molar-refractivity contribution in [3.8, 4) is 17.2 Å². The normalized spacial score (nSPS) is 12.6. The van der Waals surface area contributed by atoms with Gasteiger partial charge in [0.05, 0.1) is 25.2 Å². The highest BCUT2D eigenvalue weighted by molar-refractivity contribution is 7.89. The number of rotatable bonds is 10. The van der Waals surface area contributed by atoms with E-state index in [1.54, 1.807) is 13.2 Å². The molecule has 154 valence electrons. The van der Waals surface area contributed by atoms with Crippen molar-refractivity contribution in [3.63, 3.8) is 0 Å². The van der Waals surface area contributed by atoms with Crippen LogP contribution in [0.4, 0.5) is 0 Å². The molecule has 2 aromatic carbocycles. The molecule has 0 aliphatic carbocycles. The molecule has 2 rings (SSSR count). The highest BCUT2D eigenvalue weighted by Gasteiger charge is 2.25. The molecule has 0 aliphatic rings. The Morgan fingerprint density at radius 3 is 2.07 bits per heavy atom. The van der Waals surface area contributed by atoms with Gasteiger partial charge in [-0.15, -0.1) is 0 Å². The van der Waals surface area contributed by atoms with E-state index >= 15 is 0 Å². The van der Waals surface area contributed by atoms with Crippen molar-refractivity contribution in [2.45, 2.75) is 38.6 Å². The molecular weight excluding hydrogens is 378 g/mol. The van der Waals surface area contributed by atoms with Gasteiger partial charge in [0, 0.05) is 12.1 Å². The summed E-state index contributed by atoms with van der Waals surface area (Å²) >= 11 is 0. The molecular formula is C21H29NO5S. The summed E-state index contributed by atoms with van der Waals surface area (Å²) in [5, 5.41) is 0. The molecule has 0 radical (unpaired) electrons. The Morgan fingerprint density at radius 2 is 1.54 bits per heavy atom. The predicted octanol–water partition coefficient (Wildman–Crippen LogP) is 4.17. The van der Waals surface area contributed by atoms with Gasteiger partial charge in [-0.05, 0) is 49.6 Å². The van der Waals surface area contributed by atoms with E-state index in [9.17, 15) is 8.42 Å². The summed E-state index contributed by atoms with van der Waals surface area (Å²) in [6.07, 6.45) is 0. The Hall–Kier alpha value is -2.25. The van der Waals surface area contributed by atoms with Crippen LogP contribution in [0.5, 0.6) is 17.2 Å². The van der Waals surface area contributed by atoms with Crippen molar-refractivity contribution >= 4 is 10.0 Å². The number of sulfonamides is 1. The standard InChI is InChI=1S/C21H29NO5S/c1-6-26-19-13-12-18(14-20(19)27-7-2)28(23,24)22-21(15(3)4)16-8-10-17(25-5)11-9-16/h8-15,21-22H,6-7H2,1-5H3. The predicted molar refractivity (Wildman–Crippen MR) is 110 cm³/mol. The zero-order valence-electron chi connectivity index (χ0n) is 17.1. The maximum Gasteiger partial charge on any atom is 0.241 e.